The second-order valence-corrected chi connectivity index (χ2v) is 7.78. The van der Waals surface area contributed by atoms with Gasteiger partial charge in [0.1, 0.15) is 5.75 Å². The number of amides is 2. The monoisotopic (exact) mass is 393 g/mol. The maximum absolute atomic E-state index is 12.7. The predicted octanol–water partition coefficient (Wildman–Crippen LogP) is 3.36. The average Bonchev–Trinajstić information content (AvgIpc) is 3.43. The molecule has 0 radical (unpaired) electrons. The summed E-state index contributed by atoms with van der Waals surface area (Å²) < 4.78 is 5.34. The van der Waals surface area contributed by atoms with Gasteiger partial charge in [-0.2, -0.15) is 0 Å². The van der Waals surface area contributed by atoms with Gasteiger partial charge in [0.05, 0.1) is 13.7 Å². The van der Waals surface area contributed by atoms with Crippen LogP contribution in [0.4, 0.5) is 5.69 Å². The minimum absolute atomic E-state index is 0.0699. The molecule has 4 rings (SSSR count). The standard InChI is InChI=1S/C23H27N3O3/c1-29-20-8-3-5-16(14-20)21-9-4-12-26(21)15-22(27)24-19-7-2-6-17(13-19)23(28)25-18-10-11-18/h2-3,5-8,13-14,18,21H,4,9-12,15H2,1H3,(H,24,27)(H,25,28). The van der Waals surface area contributed by atoms with E-state index in [-0.39, 0.29) is 17.9 Å². The summed E-state index contributed by atoms with van der Waals surface area (Å²) in [5, 5.41) is 5.91. The van der Waals surface area contributed by atoms with E-state index in [0.717, 1.165) is 38.0 Å². The van der Waals surface area contributed by atoms with Crippen LogP contribution in [0.25, 0.3) is 0 Å². The molecule has 1 saturated carbocycles. The molecule has 2 aromatic rings. The third-order valence-electron chi connectivity index (χ3n) is 5.51. The highest BCUT2D eigenvalue weighted by molar-refractivity contribution is 5.97. The first-order chi connectivity index (χ1) is 14.1. The smallest absolute Gasteiger partial charge is 0.251 e. The molecule has 0 aromatic heterocycles. The van der Waals surface area contributed by atoms with E-state index < -0.39 is 0 Å². The fraction of sp³-hybridized carbons (Fsp3) is 0.391. The highest BCUT2D eigenvalue weighted by atomic mass is 16.5. The number of ether oxygens (including phenoxy) is 1. The number of likely N-dealkylation sites (tertiary alicyclic amines) is 1. The third kappa shape index (κ3) is 4.95. The van der Waals surface area contributed by atoms with Gasteiger partial charge in [0.2, 0.25) is 5.91 Å². The van der Waals surface area contributed by atoms with Crippen molar-refractivity contribution in [2.75, 3.05) is 25.5 Å². The number of benzene rings is 2. The van der Waals surface area contributed by atoms with Crippen molar-refractivity contribution in [3.05, 3.63) is 59.7 Å². The number of methoxy groups -OCH3 is 1. The molecule has 1 unspecified atom stereocenters. The number of carbonyl (C=O) groups is 2. The van der Waals surface area contributed by atoms with Gasteiger partial charge in [0.25, 0.3) is 5.91 Å². The van der Waals surface area contributed by atoms with Gasteiger partial charge in [-0.15, -0.1) is 0 Å². The molecule has 2 fully saturated rings. The topological polar surface area (TPSA) is 70.7 Å². The molecule has 0 bridgehead atoms. The maximum Gasteiger partial charge on any atom is 0.251 e. The van der Waals surface area contributed by atoms with Gasteiger partial charge in [-0.25, -0.2) is 0 Å². The van der Waals surface area contributed by atoms with Crippen LogP contribution in [-0.2, 0) is 4.79 Å². The number of nitrogens with zero attached hydrogens (tertiary/aromatic N) is 1. The number of carbonyl (C=O) groups excluding carboxylic acids is 2. The van der Waals surface area contributed by atoms with Crippen molar-refractivity contribution in [3.8, 4) is 5.75 Å². The Morgan fingerprint density at radius 2 is 1.93 bits per heavy atom. The molecule has 6 heteroatoms. The number of hydrogen-bond donors (Lipinski definition) is 2. The summed E-state index contributed by atoms with van der Waals surface area (Å²) in [5.41, 5.74) is 2.40. The molecule has 29 heavy (non-hydrogen) atoms. The van der Waals surface area contributed by atoms with Gasteiger partial charge in [-0.05, 0) is 68.1 Å². The van der Waals surface area contributed by atoms with Crippen molar-refractivity contribution in [1.29, 1.82) is 0 Å². The van der Waals surface area contributed by atoms with E-state index in [1.54, 1.807) is 25.3 Å². The molecule has 1 atom stereocenters. The maximum atomic E-state index is 12.7. The second kappa shape index (κ2) is 8.66. The van der Waals surface area contributed by atoms with Gasteiger partial charge in [0, 0.05) is 23.3 Å². The van der Waals surface area contributed by atoms with Crippen molar-refractivity contribution in [2.24, 2.45) is 0 Å². The Balaban J connectivity index is 1.38. The zero-order valence-electron chi connectivity index (χ0n) is 16.7. The second-order valence-electron chi connectivity index (χ2n) is 7.78. The van der Waals surface area contributed by atoms with E-state index in [2.05, 4.69) is 21.6 Å². The van der Waals surface area contributed by atoms with E-state index in [0.29, 0.717) is 23.8 Å². The van der Waals surface area contributed by atoms with Crippen LogP contribution in [0, 0.1) is 0 Å². The van der Waals surface area contributed by atoms with Crippen LogP contribution in [0.3, 0.4) is 0 Å². The lowest BCUT2D eigenvalue weighted by Gasteiger charge is -2.24. The van der Waals surface area contributed by atoms with Crippen LogP contribution in [0.2, 0.25) is 0 Å². The van der Waals surface area contributed by atoms with Crippen molar-refractivity contribution >= 4 is 17.5 Å². The molecule has 6 nitrogen and oxygen atoms in total. The van der Waals surface area contributed by atoms with Gasteiger partial charge < -0.3 is 15.4 Å². The molecular weight excluding hydrogens is 366 g/mol. The Bertz CT molecular complexity index is 894. The molecule has 2 amide bonds. The zero-order chi connectivity index (χ0) is 20.2. The molecule has 1 saturated heterocycles. The molecule has 2 N–H and O–H groups in total. The minimum atomic E-state index is -0.0822. The summed E-state index contributed by atoms with van der Waals surface area (Å²) in [5.74, 6) is 0.681. The molecule has 1 aliphatic carbocycles. The van der Waals surface area contributed by atoms with Crippen molar-refractivity contribution < 1.29 is 14.3 Å². The molecular formula is C23H27N3O3. The largest absolute Gasteiger partial charge is 0.497 e. The Kier molecular flexibility index (Phi) is 5.81. The molecule has 0 spiro atoms. The third-order valence-corrected chi connectivity index (χ3v) is 5.51. The molecule has 1 heterocycles. The Morgan fingerprint density at radius 3 is 2.72 bits per heavy atom. The van der Waals surface area contributed by atoms with Crippen LogP contribution in [-0.4, -0.2) is 43.0 Å². The normalized spacial score (nSPS) is 19.0. The van der Waals surface area contributed by atoms with Crippen molar-refractivity contribution in [2.45, 2.75) is 37.8 Å². The molecule has 152 valence electrons. The first kappa shape index (κ1) is 19.5. The molecule has 2 aromatic carbocycles. The summed E-state index contributed by atoms with van der Waals surface area (Å²) in [7, 11) is 1.66. The van der Waals surface area contributed by atoms with E-state index in [9.17, 15) is 9.59 Å². The quantitative estimate of drug-likeness (QED) is 0.757. The van der Waals surface area contributed by atoms with E-state index >= 15 is 0 Å². The van der Waals surface area contributed by atoms with Gasteiger partial charge in [-0.3, -0.25) is 14.5 Å². The van der Waals surface area contributed by atoms with Crippen LogP contribution >= 0.6 is 0 Å². The van der Waals surface area contributed by atoms with E-state index in [1.807, 2.05) is 24.3 Å². The van der Waals surface area contributed by atoms with Crippen molar-refractivity contribution in [3.63, 3.8) is 0 Å². The zero-order valence-corrected chi connectivity index (χ0v) is 16.7. The summed E-state index contributed by atoms with van der Waals surface area (Å²) in [6.45, 7) is 1.21. The van der Waals surface area contributed by atoms with Crippen LogP contribution in [0.15, 0.2) is 48.5 Å². The predicted molar refractivity (Wildman–Crippen MR) is 112 cm³/mol. The number of anilines is 1. The lowest BCUT2D eigenvalue weighted by molar-refractivity contribution is -0.117. The Labute approximate surface area is 171 Å². The first-order valence-corrected chi connectivity index (χ1v) is 10.2. The summed E-state index contributed by atoms with van der Waals surface area (Å²) in [6, 6.07) is 15.7. The van der Waals surface area contributed by atoms with Crippen molar-refractivity contribution in [1.82, 2.24) is 10.2 Å². The Hall–Kier alpha value is -2.86. The van der Waals surface area contributed by atoms with Crippen LogP contribution in [0.1, 0.15) is 47.6 Å². The first-order valence-electron chi connectivity index (χ1n) is 10.2. The fourth-order valence-electron chi connectivity index (χ4n) is 3.86. The fourth-order valence-corrected chi connectivity index (χ4v) is 3.86. The van der Waals surface area contributed by atoms with E-state index in [4.69, 9.17) is 4.74 Å². The molecule has 2 aliphatic rings. The Morgan fingerprint density at radius 1 is 1.10 bits per heavy atom. The number of hydrogen-bond acceptors (Lipinski definition) is 4. The van der Waals surface area contributed by atoms with Gasteiger partial charge >= 0.3 is 0 Å². The SMILES string of the molecule is COc1cccc(C2CCCN2CC(=O)Nc2cccc(C(=O)NC3CC3)c2)c1. The average molecular weight is 393 g/mol. The van der Waals surface area contributed by atoms with Crippen LogP contribution < -0.4 is 15.4 Å². The van der Waals surface area contributed by atoms with Gasteiger partial charge in [0.15, 0.2) is 0 Å². The summed E-state index contributed by atoms with van der Waals surface area (Å²) in [4.78, 5) is 27.1. The highest BCUT2D eigenvalue weighted by Crippen LogP contribution is 2.33. The van der Waals surface area contributed by atoms with Gasteiger partial charge in [-0.1, -0.05) is 18.2 Å². The lowest BCUT2D eigenvalue weighted by atomic mass is 10.0. The lowest BCUT2D eigenvalue weighted by Crippen LogP contribution is -2.33. The number of nitrogens with one attached hydrogen (secondary N) is 2. The molecule has 1 aliphatic heterocycles. The minimum Gasteiger partial charge on any atom is -0.497 e. The highest BCUT2D eigenvalue weighted by Gasteiger charge is 2.28. The van der Waals surface area contributed by atoms with Crippen LogP contribution in [0.5, 0.6) is 5.75 Å². The number of rotatable bonds is 7. The summed E-state index contributed by atoms with van der Waals surface area (Å²) >= 11 is 0. The summed E-state index contributed by atoms with van der Waals surface area (Å²) in [6.07, 6.45) is 4.18. The van der Waals surface area contributed by atoms with E-state index in [1.165, 1.54) is 5.56 Å².